The molecule has 1 unspecified atom stereocenters. The van der Waals surface area contributed by atoms with Gasteiger partial charge in [0.1, 0.15) is 16.9 Å². The summed E-state index contributed by atoms with van der Waals surface area (Å²) in [7, 11) is -3.71. The average molecular weight is 452 g/mol. The molecule has 1 aromatic heterocycles. The van der Waals surface area contributed by atoms with Gasteiger partial charge in [0.15, 0.2) is 0 Å². The van der Waals surface area contributed by atoms with Crippen LogP contribution in [0.4, 0.5) is 4.79 Å². The number of hydrogen-bond acceptors (Lipinski definition) is 5. The number of nitrogens with zero attached hydrogens (tertiary/aromatic N) is 1. The van der Waals surface area contributed by atoms with Gasteiger partial charge in [0.2, 0.25) is 10.0 Å². The summed E-state index contributed by atoms with van der Waals surface area (Å²) in [5.74, 6) is 0.334. The number of amides is 3. The van der Waals surface area contributed by atoms with Gasteiger partial charge in [-0.15, -0.1) is 0 Å². The highest BCUT2D eigenvalue weighted by atomic mass is 32.2. The summed E-state index contributed by atoms with van der Waals surface area (Å²) in [4.78, 5) is 24.5. The van der Waals surface area contributed by atoms with Gasteiger partial charge in [-0.3, -0.25) is 10.1 Å². The van der Waals surface area contributed by atoms with Crippen molar-refractivity contribution in [2.24, 2.45) is 5.41 Å². The molecule has 2 N–H and O–H groups in total. The molecular weight excluding hydrogens is 430 g/mol. The highest BCUT2D eigenvalue weighted by Crippen LogP contribution is 2.54. The second kappa shape index (κ2) is 6.43. The zero-order valence-electron chi connectivity index (χ0n) is 17.1. The quantitative estimate of drug-likeness (QED) is 0.596. The van der Waals surface area contributed by atoms with E-state index < -0.39 is 27.0 Å². The number of furan rings is 1. The monoisotopic (exact) mass is 451 g/mol. The van der Waals surface area contributed by atoms with E-state index in [9.17, 15) is 18.0 Å². The Hall–Kier alpha value is -3.17. The van der Waals surface area contributed by atoms with E-state index in [1.807, 2.05) is 30.3 Å². The zero-order valence-corrected chi connectivity index (χ0v) is 17.9. The van der Waals surface area contributed by atoms with Crippen LogP contribution < -0.4 is 10.6 Å². The van der Waals surface area contributed by atoms with E-state index in [-0.39, 0.29) is 23.9 Å². The maximum absolute atomic E-state index is 13.2. The van der Waals surface area contributed by atoms with Gasteiger partial charge in [0.25, 0.3) is 5.91 Å². The van der Waals surface area contributed by atoms with Crippen LogP contribution in [0.2, 0.25) is 0 Å². The molecular formula is C23H21N3O5S. The van der Waals surface area contributed by atoms with Crippen LogP contribution in [0.25, 0.3) is 22.3 Å². The molecule has 2 aliphatic heterocycles. The number of fused-ring (bicyclic) bond motifs is 2. The van der Waals surface area contributed by atoms with Gasteiger partial charge in [0.05, 0.1) is 4.90 Å². The first-order valence-electron chi connectivity index (χ1n) is 10.6. The molecule has 2 saturated heterocycles. The van der Waals surface area contributed by atoms with Crippen molar-refractivity contribution < 1.29 is 22.4 Å². The Bertz CT molecular complexity index is 1340. The van der Waals surface area contributed by atoms with Crippen LogP contribution in [0.1, 0.15) is 19.3 Å². The molecule has 32 heavy (non-hydrogen) atoms. The lowest BCUT2D eigenvalue weighted by Crippen LogP contribution is -2.71. The predicted molar refractivity (Wildman–Crippen MR) is 116 cm³/mol. The minimum Gasteiger partial charge on any atom is -0.456 e. The molecule has 0 radical (unpaired) electrons. The van der Waals surface area contributed by atoms with Crippen molar-refractivity contribution in [2.45, 2.75) is 29.7 Å². The van der Waals surface area contributed by atoms with Crippen LogP contribution in [-0.2, 0) is 14.8 Å². The van der Waals surface area contributed by atoms with Crippen molar-refractivity contribution in [3.8, 4) is 11.3 Å². The molecule has 1 atom stereocenters. The SMILES string of the molecule is O=C1NC(=O)C2(CCCC23CN(S(=O)(=O)c2ccc(-c4cc5ccccc5o4)cc2)C3)N1. The summed E-state index contributed by atoms with van der Waals surface area (Å²) >= 11 is 0. The van der Waals surface area contributed by atoms with Crippen LogP contribution in [-0.4, -0.2) is 43.3 Å². The van der Waals surface area contributed by atoms with Gasteiger partial charge in [-0.05, 0) is 55.7 Å². The van der Waals surface area contributed by atoms with E-state index in [4.69, 9.17) is 4.42 Å². The second-order valence-electron chi connectivity index (χ2n) is 8.89. The molecule has 2 spiro atoms. The van der Waals surface area contributed by atoms with Gasteiger partial charge in [-0.25, -0.2) is 13.2 Å². The fourth-order valence-corrected chi connectivity index (χ4v) is 7.12. The van der Waals surface area contributed by atoms with Crippen molar-refractivity contribution in [1.29, 1.82) is 0 Å². The molecule has 164 valence electrons. The Kier molecular flexibility index (Phi) is 3.92. The molecule has 0 bridgehead atoms. The number of urea groups is 1. The Morgan fingerprint density at radius 3 is 2.41 bits per heavy atom. The smallest absolute Gasteiger partial charge is 0.322 e. The molecule has 3 aromatic rings. The van der Waals surface area contributed by atoms with Crippen molar-refractivity contribution in [3.63, 3.8) is 0 Å². The Balaban J connectivity index is 1.24. The Labute approximate surface area is 184 Å². The van der Waals surface area contributed by atoms with E-state index in [0.717, 1.165) is 23.0 Å². The molecule has 1 saturated carbocycles. The molecule has 3 fully saturated rings. The number of rotatable bonds is 3. The second-order valence-corrected chi connectivity index (χ2v) is 10.8. The van der Waals surface area contributed by atoms with Gasteiger partial charge >= 0.3 is 6.03 Å². The number of nitrogens with one attached hydrogen (secondary N) is 2. The van der Waals surface area contributed by atoms with Crippen LogP contribution in [0, 0.1) is 5.41 Å². The summed E-state index contributed by atoms with van der Waals surface area (Å²) in [6, 6.07) is 15.8. The van der Waals surface area contributed by atoms with E-state index in [1.54, 1.807) is 24.3 Å². The van der Waals surface area contributed by atoms with Gasteiger partial charge < -0.3 is 9.73 Å². The minimum absolute atomic E-state index is 0.194. The van der Waals surface area contributed by atoms with E-state index in [0.29, 0.717) is 18.6 Å². The van der Waals surface area contributed by atoms with Crippen LogP contribution in [0.5, 0.6) is 0 Å². The fraction of sp³-hybridized carbons (Fsp3) is 0.304. The normalized spacial score (nSPS) is 24.8. The van der Waals surface area contributed by atoms with E-state index >= 15 is 0 Å². The molecule has 3 aliphatic rings. The number of carbonyl (C=O) groups excluding carboxylic acids is 2. The highest BCUT2D eigenvalue weighted by molar-refractivity contribution is 7.89. The fourth-order valence-electron chi connectivity index (χ4n) is 5.50. The van der Waals surface area contributed by atoms with Gasteiger partial charge in [0, 0.05) is 29.5 Å². The average Bonchev–Trinajstić information content (AvgIpc) is 3.42. The standard InChI is InChI=1S/C23H21N3O5S/c27-20-23(25-21(28)24-20)11-3-10-22(23)13-26(14-22)32(29,30)17-8-6-15(7-9-17)19-12-16-4-1-2-5-18(16)31-19/h1-2,4-9,12H,3,10-11,13-14H2,(H2,24,25,27,28). The largest absolute Gasteiger partial charge is 0.456 e. The number of hydrogen-bond donors (Lipinski definition) is 2. The van der Waals surface area contributed by atoms with E-state index in [1.165, 1.54) is 4.31 Å². The lowest BCUT2D eigenvalue weighted by atomic mass is 9.67. The lowest BCUT2D eigenvalue weighted by molar-refractivity contribution is -0.131. The van der Waals surface area contributed by atoms with E-state index in [2.05, 4.69) is 10.6 Å². The first-order chi connectivity index (χ1) is 15.3. The van der Waals surface area contributed by atoms with Crippen LogP contribution >= 0.6 is 0 Å². The topological polar surface area (TPSA) is 109 Å². The summed E-state index contributed by atoms with van der Waals surface area (Å²) in [6.45, 7) is 0.433. The van der Waals surface area contributed by atoms with Gasteiger partial charge in [-0.1, -0.05) is 18.2 Å². The third kappa shape index (κ3) is 2.55. The summed E-state index contributed by atoms with van der Waals surface area (Å²) in [5, 5.41) is 6.10. The molecule has 8 nitrogen and oxygen atoms in total. The van der Waals surface area contributed by atoms with Crippen molar-refractivity contribution in [1.82, 2.24) is 14.9 Å². The van der Waals surface area contributed by atoms with Crippen molar-refractivity contribution in [2.75, 3.05) is 13.1 Å². The van der Waals surface area contributed by atoms with Crippen molar-refractivity contribution in [3.05, 3.63) is 54.6 Å². The maximum atomic E-state index is 13.2. The first-order valence-corrected chi connectivity index (χ1v) is 12.0. The molecule has 3 heterocycles. The lowest BCUT2D eigenvalue weighted by Gasteiger charge is -2.53. The van der Waals surface area contributed by atoms with Crippen LogP contribution in [0.3, 0.4) is 0 Å². The molecule has 2 aromatic carbocycles. The summed E-state index contributed by atoms with van der Waals surface area (Å²) in [5.41, 5.74) is 0.0186. The first kappa shape index (κ1) is 19.5. The number of sulfonamides is 1. The Morgan fingerprint density at radius 2 is 1.72 bits per heavy atom. The predicted octanol–water partition coefficient (Wildman–Crippen LogP) is 2.85. The third-order valence-electron chi connectivity index (χ3n) is 7.21. The number of carbonyl (C=O) groups is 2. The van der Waals surface area contributed by atoms with Crippen LogP contribution in [0.15, 0.2) is 63.9 Å². The van der Waals surface area contributed by atoms with Crippen molar-refractivity contribution >= 4 is 32.9 Å². The molecule has 6 rings (SSSR count). The highest BCUT2D eigenvalue weighted by Gasteiger charge is 2.68. The number of imide groups is 1. The maximum Gasteiger partial charge on any atom is 0.322 e. The molecule has 9 heteroatoms. The third-order valence-corrected chi connectivity index (χ3v) is 9.02. The van der Waals surface area contributed by atoms with Gasteiger partial charge in [-0.2, -0.15) is 4.31 Å². The number of para-hydroxylation sites is 1. The summed E-state index contributed by atoms with van der Waals surface area (Å²) in [6.07, 6.45) is 2.01. The molecule has 3 amide bonds. The zero-order chi connectivity index (χ0) is 22.1. The Morgan fingerprint density at radius 1 is 0.969 bits per heavy atom. The molecule has 1 aliphatic carbocycles. The summed E-state index contributed by atoms with van der Waals surface area (Å²) < 4.78 is 33.7. The number of benzene rings is 2. The minimum atomic E-state index is -3.71.